The molecular weight excluding hydrogens is 362 g/mol. The predicted molar refractivity (Wildman–Crippen MR) is 101 cm³/mol. The molecule has 2 amide bonds. The highest BCUT2D eigenvalue weighted by molar-refractivity contribution is 5.85. The summed E-state index contributed by atoms with van der Waals surface area (Å²) >= 11 is 0. The Morgan fingerprint density at radius 3 is 2.61 bits per heavy atom. The van der Waals surface area contributed by atoms with Gasteiger partial charge in [0.15, 0.2) is 0 Å². The smallest absolute Gasteiger partial charge is 0.411 e. The molecule has 0 radical (unpaired) electrons. The first-order valence-electron chi connectivity index (χ1n) is 8.69. The summed E-state index contributed by atoms with van der Waals surface area (Å²) in [6, 6.07) is 13.0. The maximum absolute atomic E-state index is 12.3. The molecule has 2 aromatic rings. The Morgan fingerprint density at radius 2 is 1.93 bits per heavy atom. The number of carbonyl (C=O) groups is 2. The SMILES string of the molecule is CC(=O)N1C2C=CC1(COC(=O)Nc1ccc([N+](=O)[O-])cc1)c1ccccc12. The highest BCUT2D eigenvalue weighted by Crippen LogP contribution is 2.52. The Kier molecular flexibility index (Phi) is 4.11. The molecule has 8 heteroatoms. The van der Waals surface area contributed by atoms with Gasteiger partial charge in [-0.25, -0.2) is 4.79 Å². The van der Waals surface area contributed by atoms with E-state index >= 15 is 0 Å². The number of amides is 2. The van der Waals surface area contributed by atoms with Crippen molar-refractivity contribution in [3.8, 4) is 0 Å². The van der Waals surface area contributed by atoms with Crippen molar-refractivity contribution in [3.63, 3.8) is 0 Å². The zero-order valence-corrected chi connectivity index (χ0v) is 15.0. The molecule has 0 aliphatic carbocycles. The Hall–Kier alpha value is -3.68. The van der Waals surface area contributed by atoms with Crippen molar-refractivity contribution < 1.29 is 19.2 Å². The minimum atomic E-state index is -0.820. The van der Waals surface area contributed by atoms with Crippen LogP contribution < -0.4 is 5.32 Å². The van der Waals surface area contributed by atoms with E-state index in [1.807, 2.05) is 36.4 Å². The predicted octanol–water partition coefficient (Wildman–Crippen LogP) is 3.51. The summed E-state index contributed by atoms with van der Waals surface area (Å²) in [6.45, 7) is 1.47. The van der Waals surface area contributed by atoms with Gasteiger partial charge in [0.25, 0.3) is 5.69 Å². The van der Waals surface area contributed by atoms with Gasteiger partial charge in [-0.15, -0.1) is 0 Å². The average molecular weight is 379 g/mol. The Morgan fingerprint density at radius 1 is 1.21 bits per heavy atom. The molecule has 4 rings (SSSR count). The van der Waals surface area contributed by atoms with E-state index in [4.69, 9.17) is 4.74 Å². The maximum Gasteiger partial charge on any atom is 0.411 e. The van der Waals surface area contributed by atoms with Gasteiger partial charge in [-0.2, -0.15) is 0 Å². The van der Waals surface area contributed by atoms with Crippen molar-refractivity contribution in [2.45, 2.75) is 18.5 Å². The number of carbonyl (C=O) groups excluding carboxylic acids is 2. The molecule has 28 heavy (non-hydrogen) atoms. The second-order valence-corrected chi connectivity index (χ2v) is 6.71. The molecule has 2 aliphatic heterocycles. The highest BCUT2D eigenvalue weighted by Gasteiger charge is 2.53. The number of ether oxygens (including phenoxy) is 1. The zero-order chi connectivity index (χ0) is 19.9. The quantitative estimate of drug-likeness (QED) is 0.498. The van der Waals surface area contributed by atoms with E-state index in [0.717, 1.165) is 11.1 Å². The summed E-state index contributed by atoms with van der Waals surface area (Å²) in [4.78, 5) is 36.4. The van der Waals surface area contributed by atoms with Crippen molar-refractivity contribution in [1.29, 1.82) is 0 Å². The van der Waals surface area contributed by atoms with Crippen molar-refractivity contribution in [2.24, 2.45) is 0 Å². The molecule has 2 aromatic carbocycles. The molecule has 1 N–H and O–H groups in total. The lowest BCUT2D eigenvalue weighted by atomic mass is 9.87. The number of nitrogens with zero attached hydrogens (tertiary/aromatic N) is 2. The molecule has 2 bridgehead atoms. The molecule has 0 aromatic heterocycles. The van der Waals surface area contributed by atoms with E-state index in [9.17, 15) is 19.7 Å². The summed E-state index contributed by atoms with van der Waals surface area (Å²) in [5.74, 6) is -0.106. The zero-order valence-electron chi connectivity index (χ0n) is 15.0. The van der Waals surface area contributed by atoms with Crippen LogP contribution in [-0.2, 0) is 15.1 Å². The Labute approximate surface area is 160 Å². The summed E-state index contributed by atoms with van der Waals surface area (Å²) < 4.78 is 5.44. The summed E-state index contributed by atoms with van der Waals surface area (Å²) in [5, 5.41) is 13.2. The van der Waals surface area contributed by atoms with Gasteiger partial charge in [0.2, 0.25) is 5.91 Å². The minimum Gasteiger partial charge on any atom is -0.446 e. The normalized spacial score (nSPS) is 21.3. The molecule has 0 fully saturated rings. The maximum atomic E-state index is 12.3. The molecule has 0 saturated heterocycles. The second kappa shape index (κ2) is 6.49. The first-order chi connectivity index (χ1) is 13.4. The minimum absolute atomic E-state index is 0.0323. The summed E-state index contributed by atoms with van der Waals surface area (Å²) in [5.41, 5.74) is 1.46. The molecular formula is C20H17N3O5. The fourth-order valence-corrected chi connectivity index (χ4v) is 3.94. The largest absolute Gasteiger partial charge is 0.446 e. The number of benzene rings is 2. The van der Waals surface area contributed by atoms with Gasteiger partial charge in [-0.3, -0.25) is 20.2 Å². The van der Waals surface area contributed by atoms with Crippen molar-refractivity contribution in [3.05, 3.63) is 81.9 Å². The molecule has 2 unspecified atom stereocenters. The van der Waals surface area contributed by atoms with Crippen LogP contribution >= 0.6 is 0 Å². The van der Waals surface area contributed by atoms with Gasteiger partial charge in [0, 0.05) is 24.7 Å². The van der Waals surface area contributed by atoms with Gasteiger partial charge in [0.05, 0.1) is 11.0 Å². The van der Waals surface area contributed by atoms with Gasteiger partial charge >= 0.3 is 6.09 Å². The number of hydrogen-bond donors (Lipinski definition) is 1. The third-order valence-electron chi connectivity index (χ3n) is 5.10. The van der Waals surface area contributed by atoms with E-state index in [-0.39, 0.29) is 24.2 Å². The van der Waals surface area contributed by atoms with Gasteiger partial charge in [-0.05, 0) is 23.3 Å². The van der Waals surface area contributed by atoms with E-state index in [1.165, 1.54) is 31.2 Å². The Balaban J connectivity index is 1.50. The summed E-state index contributed by atoms with van der Waals surface area (Å²) in [6.07, 6.45) is 3.15. The molecule has 0 spiro atoms. The van der Waals surface area contributed by atoms with Crippen LogP contribution in [0, 0.1) is 10.1 Å². The molecule has 2 aliphatic rings. The van der Waals surface area contributed by atoms with Gasteiger partial charge < -0.3 is 9.64 Å². The van der Waals surface area contributed by atoms with E-state index < -0.39 is 16.6 Å². The first-order valence-corrected chi connectivity index (χ1v) is 8.69. The lowest BCUT2D eigenvalue weighted by Gasteiger charge is -2.33. The second-order valence-electron chi connectivity index (χ2n) is 6.71. The number of rotatable bonds is 4. The monoisotopic (exact) mass is 379 g/mol. The number of anilines is 1. The van der Waals surface area contributed by atoms with Crippen LogP contribution in [0.15, 0.2) is 60.7 Å². The topological polar surface area (TPSA) is 102 Å². The molecule has 0 saturated carbocycles. The van der Waals surface area contributed by atoms with Crippen LogP contribution in [0.2, 0.25) is 0 Å². The lowest BCUT2D eigenvalue weighted by Crippen LogP contribution is -2.44. The van der Waals surface area contributed by atoms with E-state index in [1.54, 1.807) is 4.90 Å². The Bertz CT molecular complexity index is 1000. The van der Waals surface area contributed by atoms with Crippen molar-refractivity contribution >= 4 is 23.4 Å². The fraction of sp³-hybridized carbons (Fsp3) is 0.200. The van der Waals surface area contributed by atoms with Crippen molar-refractivity contribution in [2.75, 3.05) is 11.9 Å². The van der Waals surface area contributed by atoms with Crippen LogP contribution in [-0.4, -0.2) is 28.4 Å². The van der Waals surface area contributed by atoms with Gasteiger partial charge in [0.1, 0.15) is 12.1 Å². The molecule has 2 heterocycles. The van der Waals surface area contributed by atoms with E-state index in [0.29, 0.717) is 5.69 Å². The number of nitro benzene ring substituents is 1. The fourth-order valence-electron chi connectivity index (χ4n) is 3.94. The van der Waals surface area contributed by atoms with Crippen LogP contribution in [0.3, 0.4) is 0 Å². The lowest BCUT2D eigenvalue weighted by molar-refractivity contribution is -0.384. The van der Waals surface area contributed by atoms with Crippen LogP contribution in [0.4, 0.5) is 16.2 Å². The van der Waals surface area contributed by atoms with Crippen molar-refractivity contribution in [1.82, 2.24) is 4.90 Å². The average Bonchev–Trinajstić information content (AvgIpc) is 3.20. The first kappa shape index (κ1) is 17.7. The number of nitrogens with one attached hydrogen (secondary N) is 1. The number of nitro groups is 1. The molecule has 142 valence electrons. The van der Waals surface area contributed by atoms with Gasteiger partial charge in [-0.1, -0.05) is 36.4 Å². The number of hydrogen-bond acceptors (Lipinski definition) is 5. The number of non-ortho nitro benzene ring substituents is 1. The summed E-state index contributed by atoms with van der Waals surface area (Å²) in [7, 11) is 0. The van der Waals surface area contributed by atoms with Crippen LogP contribution in [0.5, 0.6) is 0 Å². The number of fused-ring (bicyclic) bond motifs is 5. The molecule has 2 atom stereocenters. The highest BCUT2D eigenvalue weighted by atomic mass is 16.6. The standard InChI is InChI=1S/C20H17N3O5/c1-13(24)22-18-10-11-20(22,17-5-3-2-4-16(17)18)12-28-19(25)21-14-6-8-15(9-7-14)23(26)27/h2-11,18H,12H2,1H3,(H,21,25). The van der Waals surface area contributed by atoms with E-state index in [2.05, 4.69) is 5.32 Å². The third kappa shape index (κ3) is 2.70. The van der Waals surface area contributed by atoms with Crippen LogP contribution in [0.1, 0.15) is 24.1 Å². The third-order valence-corrected chi connectivity index (χ3v) is 5.10. The van der Waals surface area contributed by atoms with Crippen LogP contribution in [0.25, 0.3) is 0 Å². The molecule has 8 nitrogen and oxygen atoms in total.